The lowest BCUT2D eigenvalue weighted by Crippen LogP contribution is -2.18. The van der Waals surface area contributed by atoms with Gasteiger partial charge in [-0.15, -0.1) is 0 Å². The van der Waals surface area contributed by atoms with Crippen molar-refractivity contribution in [2.75, 3.05) is 0 Å². The largest absolute Gasteiger partial charge is 0.393 e. The van der Waals surface area contributed by atoms with Gasteiger partial charge in [-0.25, -0.2) is 0 Å². The lowest BCUT2D eigenvalue weighted by molar-refractivity contribution is -0.146. The van der Waals surface area contributed by atoms with E-state index in [-0.39, 0.29) is 6.42 Å². The Bertz CT molecular complexity index is 300. The lowest BCUT2D eigenvalue weighted by Gasteiger charge is -2.08. The quantitative estimate of drug-likeness (QED) is 0.703. The zero-order chi connectivity index (χ0) is 11.1. The molecule has 1 aromatic rings. The Morgan fingerprint density at radius 1 is 1.40 bits per heavy atom. The Hall–Kier alpha value is -1.39. The summed E-state index contributed by atoms with van der Waals surface area (Å²) >= 11 is 0. The maximum absolute atomic E-state index is 10.7. The fourth-order valence-corrected chi connectivity index (χ4v) is 1.32. The topological polar surface area (TPSA) is 72.5 Å². The van der Waals surface area contributed by atoms with Gasteiger partial charge in [0.1, 0.15) is 0 Å². The number of aryl methyl sites for hydroxylation is 1. The van der Waals surface area contributed by atoms with Gasteiger partial charge in [0.05, 0.1) is 12.5 Å². The summed E-state index contributed by atoms with van der Waals surface area (Å²) in [5.74, 6) is 4.08. The van der Waals surface area contributed by atoms with Crippen molar-refractivity contribution in [1.29, 1.82) is 0 Å². The maximum Gasteiger partial charge on any atom is 0.327 e. The highest BCUT2D eigenvalue weighted by Crippen LogP contribution is 2.07. The van der Waals surface area contributed by atoms with E-state index in [0.29, 0.717) is 6.42 Å². The summed E-state index contributed by atoms with van der Waals surface area (Å²) in [5.41, 5.74) is 1.14. The number of carbonyl (C=O) groups is 1. The van der Waals surface area contributed by atoms with E-state index in [1.54, 1.807) is 0 Å². The van der Waals surface area contributed by atoms with Crippen LogP contribution in [0.5, 0.6) is 0 Å². The summed E-state index contributed by atoms with van der Waals surface area (Å²) in [5, 5.41) is 9.46. The third kappa shape index (κ3) is 4.58. The van der Waals surface area contributed by atoms with Gasteiger partial charge in [0.15, 0.2) is 0 Å². The van der Waals surface area contributed by atoms with Gasteiger partial charge in [0, 0.05) is 0 Å². The zero-order valence-corrected chi connectivity index (χ0v) is 8.43. The number of aliphatic hydroxyl groups excluding tert-OH is 1. The van der Waals surface area contributed by atoms with Gasteiger partial charge in [-0.05, 0) is 18.4 Å². The fraction of sp³-hybridized carbons (Fsp3) is 0.364. The van der Waals surface area contributed by atoms with Gasteiger partial charge in [0.2, 0.25) is 0 Å². The van der Waals surface area contributed by atoms with Crippen LogP contribution in [0.3, 0.4) is 0 Å². The van der Waals surface area contributed by atoms with Crippen LogP contribution in [-0.2, 0) is 16.1 Å². The van der Waals surface area contributed by atoms with Crippen LogP contribution < -0.4 is 5.90 Å². The van der Waals surface area contributed by atoms with Gasteiger partial charge in [0.25, 0.3) is 0 Å². The van der Waals surface area contributed by atoms with Gasteiger partial charge >= 0.3 is 5.97 Å². The molecule has 0 aliphatic carbocycles. The van der Waals surface area contributed by atoms with E-state index in [4.69, 9.17) is 0 Å². The van der Waals surface area contributed by atoms with Crippen molar-refractivity contribution in [1.82, 2.24) is 0 Å². The van der Waals surface area contributed by atoms with Crippen LogP contribution >= 0.6 is 0 Å². The van der Waals surface area contributed by atoms with Gasteiger partial charge in [-0.3, -0.25) is 4.79 Å². The van der Waals surface area contributed by atoms with E-state index in [9.17, 15) is 9.90 Å². The minimum Gasteiger partial charge on any atom is -0.393 e. The Morgan fingerprint density at radius 3 is 2.67 bits per heavy atom. The summed E-state index contributed by atoms with van der Waals surface area (Å²) in [6, 6.07) is 9.78. The first-order valence-corrected chi connectivity index (χ1v) is 4.84. The molecular formula is C11H15NO3. The Morgan fingerprint density at radius 2 is 2.07 bits per heavy atom. The van der Waals surface area contributed by atoms with E-state index >= 15 is 0 Å². The Labute approximate surface area is 88.6 Å². The van der Waals surface area contributed by atoms with E-state index in [1.165, 1.54) is 0 Å². The van der Waals surface area contributed by atoms with Crippen molar-refractivity contribution in [3.63, 3.8) is 0 Å². The molecule has 0 radical (unpaired) electrons. The molecule has 0 bridgehead atoms. The monoisotopic (exact) mass is 209 g/mol. The SMILES string of the molecule is NOC(=O)CC(O)CCc1ccccc1. The predicted molar refractivity (Wildman–Crippen MR) is 55.7 cm³/mol. The molecule has 3 N–H and O–H groups in total. The smallest absolute Gasteiger partial charge is 0.327 e. The van der Waals surface area contributed by atoms with Crippen molar-refractivity contribution in [3.8, 4) is 0 Å². The second-order valence-corrected chi connectivity index (χ2v) is 3.37. The number of benzene rings is 1. The van der Waals surface area contributed by atoms with Crippen molar-refractivity contribution in [3.05, 3.63) is 35.9 Å². The minimum absolute atomic E-state index is 0.0522. The first kappa shape index (κ1) is 11.7. The van der Waals surface area contributed by atoms with Crippen LogP contribution in [0.1, 0.15) is 18.4 Å². The van der Waals surface area contributed by atoms with Crippen LogP contribution in [0.2, 0.25) is 0 Å². The first-order valence-electron chi connectivity index (χ1n) is 4.84. The number of hydrogen-bond acceptors (Lipinski definition) is 4. The van der Waals surface area contributed by atoms with Crippen LogP contribution in [0.15, 0.2) is 30.3 Å². The summed E-state index contributed by atoms with van der Waals surface area (Å²) in [6.45, 7) is 0. The van der Waals surface area contributed by atoms with Crippen molar-refractivity contribution >= 4 is 5.97 Å². The first-order chi connectivity index (χ1) is 7.22. The average Bonchev–Trinajstić information content (AvgIpc) is 2.27. The molecule has 1 atom stereocenters. The van der Waals surface area contributed by atoms with Crippen LogP contribution in [0.25, 0.3) is 0 Å². The number of hydrogen-bond donors (Lipinski definition) is 2. The lowest BCUT2D eigenvalue weighted by atomic mass is 10.1. The molecule has 0 aliphatic heterocycles. The van der Waals surface area contributed by atoms with Gasteiger partial charge in [-0.2, -0.15) is 5.90 Å². The third-order valence-corrected chi connectivity index (χ3v) is 2.14. The Balaban J connectivity index is 2.28. The molecule has 0 saturated heterocycles. The summed E-state index contributed by atoms with van der Waals surface area (Å²) in [7, 11) is 0. The highest BCUT2D eigenvalue weighted by Gasteiger charge is 2.11. The average molecular weight is 209 g/mol. The molecule has 0 saturated carbocycles. The molecule has 1 unspecified atom stereocenters. The molecule has 0 aliphatic rings. The molecule has 82 valence electrons. The molecule has 4 nitrogen and oxygen atoms in total. The van der Waals surface area contributed by atoms with E-state index in [0.717, 1.165) is 12.0 Å². The highest BCUT2D eigenvalue weighted by molar-refractivity contribution is 5.69. The molecule has 0 heterocycles. The maximum atomic E-state index is 10.7. The van der Waals surface area contributed by atoms with Crippen LogP contribution in [0, 0.1) is 0 Å². The number of rotatable bonds is 5. The number of aliphatic hydroxyl groups is 1. The van der Waals surface area contributed by atoms with Crippen LogP contribution in [0.4, 0.5) is 0 Å². The fourth-order valence-electron chi connectivity index (χ4n) is 1.32. The molecule has 4 heteroatoms. The molecule has 0 amide bonds. The molecular weight excluding hydrogens is 194 g/mol. The molecule has 1 aromatic carbocycles. The van der Waals surface area contributed by atoms with Gasteiger partial charge < -0.3 is 9.94 Å². The van der Waals surface area contributed by atoms with Crippen molar-refractivity contribution in [2.24, 2.45) is 5.90 Å². The summed E-state index contributed by atoms with van der Waals surface area (Å²) < 4.78 is 0. The van der Waals surface area contributed by atoms with Crippen molar-refractivity contribution < 1.29 is 14.7 Å². The molecule has 0 fully saturated rings. The number of carbonyl (C=O) groups excluding carboxylic acids is 1. The van der Waals surface area contributed by atoms with Crippen LogP contribution in [-0.4, -0.2) is 17.2 Å². The molecule has 0 aromatic heterocycles. The summed E-state index contributed by atoms with van der Waals surface area (Å²) in [4.78, 5) is 14.7. The normalized spacial score (nSPS) is 12.1. The second kappa shape index (κ2) is 6.16. The van der Waals surface area contributed by atoms with Crippen molar-refractivity contribution in [2.45, 2.75) is 25.4 Å². The molecule has 15 heavy (non-hydrogen) atoms. The predicted octanol–water partition coefficient (Wildman–Crippen LogP) is 0.787. The standard InChI is InChI=1S/C11H15NO3/c12-15-11(14)8-10(13)7-6-9-4-2-1-3-5-9/h1-5,10,13H,6-8,12H2. The number of nitrogens with two attached hydrogens (primary N) is 1. The second-order valence-electron chi connectivity index (χ2n) is 3.37. The van der Waals surface area contributed by atoms with E-state index < -0.39 is 12.1 Å². The van der Waals surface area contributed by atoms with E-state index in [2.05, 4.69) is 10.7 Å². The van der Waals surface area contributed by atoms with E-state index in [1.807, 2.05) is 30.3 Å². The molecule has 1 rings (SSSR count). The summed E-state index contributed by atoms with van der Waals surface area (Å²) in [6.07, 6.45) is 0.517. The van der Waals surface area contributed by atoms with Gasteiger partial charge in [-0.1, -0.05) is 30.3 Å². The Kier molecular flexibility index (Phi) is 4.80. The zero-order valence-electron chi connectivity index (χ0n) is 8.43. The highest BCUT2D eigenvalue weighted by atomic mass is 16.7. The minimum atomic E-state index is -0.693. The third-order valence-electron chi connectivity index (χ3n) is 2.14. The molecule has 0 spiro atoms.